The number of rotatable bonds is 5. The molecule has 0 radical (unpaired) electrons. The number of esters is 1. The molecule has 1 aromatic carbocycles. The van der Waals surface area contributed by atoms with Gasteiger partial charge in [0.2, 0.25) is 0 Å². The maximum Gasteiger partial charge on any atom is 0.332 e. The Balaban J connectivity index is 1.93. The largest absolute Gasteiger partial charge is 0.463 e. The van der Waals surface area contributed by atoms with Crippen molar-refractivity contribution in [3.63, 3.8) is 0 Å². The van der Waals surface area contributed by atoms with Gasteiger partial charge in [-0.05, 0) is 43.0 Å². The van der Waals surface area contributed by atoms with Gasteiger partial charge in [-0.3, -0.25) is 5.01 Å². The van der Waals surface area contributed by atoms with Crippen LogP contribution in [0.3, 0.4) is 0 Å². The smallest absolute Gasteiger partial charge is 0.332 e. The molecule has 1 aliphatic heterocycles. The molecule has 0 saturated carbocycles. The van der Waals surface area contributed by atoms with Crippen molar-refractivity contribution in [3.8, 4) is 0 Å². The second-order valence-corrected chi connectivity index (χ2v) is 7.54. The number of carbonyl (C=O) groups is 1. The third kappa shape index (κ3) is 4.19. The Morgan fingerprint density at radius 2 is 2.16 bits per heavy atom. The van der Waals surface area contributed by atoms with Crippen molar-refractivity contribution in [3.05, 3.63) is 68.5 Å². The quantitative estimate of drug-likeness (QED) is 0.499. The second-order valence-electron chi connectivity index (χ2n) is 5.68. The number of thiophene rings is 1. The lowest BCUT2D eigenvalue weighted by atomic mass is 10.0. The van der Waals surface area contributed by atoms with Crippen LogP contribution in [0.2, 0.25) is 0 Å². The summed E-state index contributed by atoms with van der Waals surface area (Å²) in [5.74, 6) is -0.339. The molecule has 0 saturated heterocycles. The highest BCUT2D eigenvalue weighted by molar-refractivity contribution is 9.10. The first-order valence-electron chi connectivity index (χ1n) is 8.09. The van der Waals surface area contributed by atoms with E-state index in [1.807, 2.05) is 30.1 Å². The van der Waals surface area contributed by atoms with Gasteiger partial charge < -0.3 is 4.74 Å². The van der Waals surface area contributed by atoms with Gasteiger partial charge in [-0.2, -0.15) is 5.10 Å². The average molecular weight is 419 g/mol. The van der Waals surface area contributed by atoms with Crippen molar-refractivity contribution >= 4 is 38.9 Å². The number of hydrogen-bond donors (Lipinski definition) is 0. The number of ether oxygens (including phenoxy) is 1. The van der Waals surface area contributed by atoms with Crippen LogP contribution >= 0.6 is 27.3 Å². The van der Waals surface area contributed by atoms with Gasteiger partial charge in [0, 0.05) is 22.7 Å². The first-order valence-corrected chi connectivity index (χ1v) is 9.77. The van der Waals surface area contributed by atoms with Crippen LogP contribution in [0, 0.1) is 0 Å². The van der Waals surface area contributed by atoms with E-state index in [-0.39, 0.29) is 12.0 Å². The van der Waals surface area contributed by atoms with Crippen LogP contribution in [0.4, 0.5) is 0 Å². The van der Waals surface area contributed by atoms with Crippen molar-refractivity contribution < 1.29 is 9.53 Å². The number of carbonyl (C=O) groups excluding carboxylic acids is 1. The molecule has 3 rings (SSSR count). The fourth-order valence-corrected chi connectivity index (χ4v) is 3.78. The molecule has 1 unspecified atom stereocenters. The van der Waals surface area contributed by atoms with Gasteiger partial charge in [-0.25, -0.2) is 4.79 Å². The Morgan fingerprint density at radius 3 is 2.80 bits per heavy atom. The number of allylic oxidation sites excluding steroid dienone is 1. The molecule has 1 aliphatic rings. The van der Waals surface area contributed by atoms with Gasteiger partial charge in [0.1, 0.15) is 0 Å². The van der Waals surface area contributed by atoms with Crippen molar-refractivity contribution in [2.45, 2.75) is 26.3 Å². The molecular formula is C19H19BrN2O2S. The fraction of sp³-hybridized carbons (Fsp3) is 0.263. The summed E-state index contributed by atoms with van der Waals surface area (Å²) in [6, 6.07) is 12.4. The number of halogens is 1. The molecular weight excluding hydrogens is 400 g/mol. The van der Waals surface area contributed by atoms with Crippen LogP contribution in [0.1, 0.15) is 36.8 Å². The highest BCUT2D eigenvalue weighted by Gasteiger charge is 2.30. The topological polar surface area (TPSA) is 41.9 Å². The molecule has 0 amide bonds. The molecule has 2 aromatic rings. The van der Waals surface area contributed by atoms with E-state index in [0.29, 0.717) is 6.61 Å². The third-order valence-electron chi connectivity index (χ3n) is 3.95. The maximum absolute atomic E-state index is 11.8. The van der Waals surface area contributed by atoms with E-state index in [4.69, 9.17) is 9.84 Å². The maximum atomic E-state index is 11.8. The van der Waals surface area contributed by atoms with E-state index in [0.717, 1.165) is 32.7 Å². The standard InChI is InChI=1S/C19H19BrN2O2S/c1-3-24-19(23)11-13(2)22-17(14-6-8-15(20)9-7-14)12-16(21-22)18-5-4-10-25-18/h4-11,17H,3,12H2,1-2H3. The lowest BCUT2D eigenvalue weighted by molar-refractivity contribution is -0.137. The van der Waals surface area contributed by atoms with E-state index < -0.39 is 0 Å². The summed E-state index contributed by atoms with van der Waals surface area (Å²) in [7, 11) is 0. The Kier molecular flexibility index (Phi) is 5.71. The highest BCUT2D eigenvalue weighted by atomic mass is 79.9. The molecule has 0 bridgehead atoms. The van der Waals surface area contributed by atoms with Gasteiger partial charge >= 0.3 is 5.97 Å². The summed E-state index contributed by atoms with van der Waals surface area (Å²) in [6.07, 6.45) is 2.31. The Hall–Kier alpha value is -1.92. The van der Waals surface area contributed by atoms with Crippen LogP contribution in [-0.2, 0) is 9.53 Å². The van der Waals surface area contributed by atoms with E-state index in [2.05, 4.69) is 39.5 Å². The SMILES string of the molecule is CCOC(=O)C=C(C)N1N=C(c2cccs2)CC1c1ccc(Br)cc1. The molecule has 2 heterocycles. The predicted octanol–water partition coefficient (Wildman–Crippen LogP) is 5.13. The molecule has 6 heteroatoms. The van der Waals surface area contributed by atoms with Crippen LogP contribution in [0.15, 0.2) is 63.1 Å². The van der Waals surface area contributed by atoms with E-state index in [1.54, 1.807) is 18.3 Å². The normalized spacial score (nSPS) is 17.6. The average Bonchev–Trinajstić information content (AvgIpc) is 3.25. The summed E-state index contributed by atoms with van der Waals surface area (Å²) in [6.45, 7) is 4.06. The van der Waals surface area contributed by atoms with Gasteiger partial charge in [0.05, 0.1) is 23.2 Å². The number of hydrazone groups is 1. The molecule has 0 fully saturated rings. The molecule has 0 spiro atoms. The van der Waals surface area contributed by atoms with Crippen LogP contribution in [-0.4, -0.2) is 23.3 Å². The Bertz CT molecular complexity index is 797. The molecule has 0 N–H and O–H groups in total. The summed E-state index contributed by atoms with van der Waals surface area (Å²) in [5, 5.41) is 8.77. The minimum Gasteiger partial charge on any atom is -0.463 e. The lowest BCUT2D eigenvalue weighted by Crippen LogP contribution is -2.18. The lowest BCUT2D eigenvalue weighted by Gasteiger charge is -2.24. The van der Waals surface area contributed by atoms with Crippen molar-refractivity contribution in [2.75, 3.05) is 6.61 Å². The molecule has 0 aliphatic carbocycles. The number of hydrogen-bond acceptors (Lipinski definition) is 5. The fourth-order valence-electron chi connectivity index (χ4n) is 2.79. The summed E-state index contributed by atoms with van der Waals surface area (Å²) >= 11 is 5.16. The molecule has 4 nitrogen and oxygen atoms in total. The summed E-state index contributed by atoms with van der Waals surface area (Å²) in [4.78, 5) is 13.0. The molecule has 25 heavy (non-hydrogen) atoms. The van der Waals surface area contributed by atoms with E-state index >= 15 is 0 Å². The highest BCUT2D eigenvalue weighted by Crippen LogP contribution is 2.36. The summed E-state index contributed by atoms with van der Waals surface area (Å²) < 4.78 is 6.07. The second kappa shape index (κ2) is 7.97. The number of benzene rings is 1. The van der Waals surface area contributed by atoms with Crippen LogP contribution in [0.25, 0.3) is 0 Å². The Labute approximate surface area is 159 Å². The minimum atomic E-state index is -0.339. The van der Waals surface area contributed by atoms with Crippen LogP contribution < -0.4 is 0 Å². The Morgan fingerprint density at radius 1 is 1.40 bits per heavy atom. The molecule has 130 valence electrons. The zero-order chi connectivity index (χ0) is 17.8. The van der Waals surface area contributed by atoms with Gasteiger partial charge in [0.15, 0.2) is 0 Å². The van der Waals surface area contributed by atoms with Crippen molar-refractivity contribution in [1.82, 2.24) is 5.01 Å². The monoisotopic (exact) mass is 418 g/mol. The van der Waals surface area contributed by atoms with Crippen molar-refractivity contribution in [1.29, 1.82) is 0 Å². The van der Waals surface area contributed by atoms with Gasteiger partial charge in [-0.1, -0.05) is 34.1 Å². The summed E-state index contributed by atoms with van der Waals surface area (Å²) in [5.41, 5.74) is 2.98. The van der Waals surface area contributed by atoms with Crippen molar-refractivity contribution in [2.24, 2.45) is 5.10 Å². The third-order valence-corrected chi connectivity index (χ3v) is 5.39. The van der Waals surface area contributed by atoms with E-state index in [1.165, 1.54) is 6.08 Å². The van der Waals surface area contributed by atoms with Crippen LogP contribution in [0.5, 0.6) is 0 Å². The van der Waals surface area contributed by atoms with Gasteiger partial charge in [-0.15, -0.1) is 11.3 Å². The minimum absolute atomic E-state index is 0.0656. The molecule has 1 aromatic heterocycles. The zero-order valence-corrected chi connectivity index (χ0v) is 16.5. The first kappa shape index (κ1) is 17.9. The van der Waals surface area contributed by atoms with E-state index in [9.17, 15) is 4.79 Å². The van der Waals surface area contributed by atoms with Gasteiger partial charge in [0.25, 0.3) is 0 Å². The zero-order valence-electron chi connectivity index (χ0n) is 14.1. The predicted molar refractivity (Wildman–Crippen MR) is 105 cm³/mol. The number of nitrogens with zero attached hydrogens (tertiary/aromatic N) is 2. The molecule has 1 atom stereocenters. The first-order chi connectivity index (χ1) is 12.1.